The minimum Gasteiger partial charge on any atom is -0.481 e. The molecule has 0 bridgehead atoms. The van der Waals surface area contributed by atoms with Crippen molar-refractivity contribution in [3.8, 4) is 0 Å². The van der Waals surface area contributed by atoms with Gasteiger partial charge in [-0.1, -0.05) is 109 Å². The molecule has 1 aromatic carbocycles. The number of carboxylic acids is 1. The van der Waals surface area contributed by atoms with Crippen LogP contribution in [0, 0.1) is 0 Å². The topological polar surface area (TPSA) is 66.4 Å². The van der Waals surface area contributed by atoms with Gasteiger partial charge in [-0.05, 0) is 24.1 Å². The Balaban J connectivity index is 2.09. The summed E-state index contributed by atoms with van der Waals surface area (Å²) in [4.78, 5) is 22.8. The maximum Gasteiger partial charge on any atom is 0.310 e. The van der Waals surface area contributed by atoms with E-state index in [1.165, 1.54) is 84.0 Å². The number of amides is 1. The Morgan fingerprint density at radius 3 is 1.60 bits per heavy atom. The van der Waals surface area contributed by atoms with Crippen molar-refractivity contribution in [3.05, 3.63) is 29.8 Å². The van der Waals surface area contributed by atoms with Crippen molar-refractivity contribution in [2.24, 2.45) is 0 Å². The molecule has 0 radical (unpaired) electrons. The van der Waals surface area contributed by atoms with Gasteiger partial charge in [0.25, 0.3) is 0 Å². The van der Waals surface area contributed by atoms with Crippen LogP contribution in [0.4, 0.5) is 5.69 Å². The number of aliphatic carboxylic acids is 1. The molecule has 4 heteroatoms. The summed E-state index contributed by atoms with van der Waals surface area (Å²) in [6.07, 6.45) is 18.9. The number of benzene rings is 1. The zero-order valence-electron chi connectivity index (χ0n) is 19.3. The third-order valence-electron chi connectivity index (χ3n) is 5.78. The maximum atomic E-state index is 11.7. The van der Waals surface area contributed by atoms with E-state index in [4.69, 9.17) is 0 Å². The van der Waals surface area contributed by atoms with Gasteiger partial charge in [0.05, 0.1) is 5.92 Å². The first-order valence-corrected chi connectivity index (χ1v) is 12.1. The summed E-state index contributed by atoms with van der Waals surface area (Å²) in [6, 6.07) is 7.18. The molecule has 1 atom stereocenters. The number of carbonyl (C=O) groups is 2. The number of anilines is 1. The zero-order chi connectivity index (χ0) is 22.0. The summed E-state index contributed by atoms with van der Waals surface area (Å²) < 4.78 is 0. The van der Waals surface area contributed by atoms with Crippen molar-refractivity contribution in [2.45, 2.75) is 116 Å². The normalized spacial score (nSPS) is 11.9. The fraction of sp³-hybridized carbons (Fsp3) is 0.692. The van der Waals surface area contributed by atoms with Gasteiger partial charge in [-0.3, -0.25) is 9.59 Å². The van der Waals surface area contributed by atoms with E-state index in [1.54, 1.807) is 12.1 Å². The average Bonchev–Trinajstić information content (AvgIpc) is 2.71. The average molecular weight is 418 g/mol. The van der Waals surface area contributed by atoms with Crippen LogP contribution in [-0.4, -0.2) is 17.0 Å². The van der Waals surface area contributed by atoms with Gasteiger partial charge in [0.2, 0.25) is 5.91 Å². The van der Waals surface area contributed by atoms with Crippen LogP contribution in [-0.2, 0) is 9.59 Å². The second-order valence-corrected chi connectivity index (χ2v) is 8.58. The molecular formula is C26H43NO3. The van der Waals surface area contributed by atoms with E-state index in [0.717, 1.165) is 18.4 Å². The molecule has 0 heterocycles. The molecule has 0 aliphatic rings. The van der Waals surface area contributed by atoms with Crippen molar-refractivity contribution in [2.75, 3.05) is 5.32 Å². The molecule has 0 saturated heterocycles. The van der Waals surface area contributed by atoms with Gasteiger partial charge < -0.3 is 10.4 Å². The lowest BCUT2D eigenvalue weighted by Gasteiger charge is -2.13. The number of unbranched alkanes of at least 4 members (excludes halogenated alkanes) is 13. The van der Waals surface area contributed by atoms with Crippen LogP contribution in [0.15, 0.2) is 24.3 Å². The van der Waals surface area contributed by atoms with E-state index < -0.39 is 11.9 Å². The van der Waals surface area contributed by atoms with Crippen LogP contribution < -0.4 is 5.32 Å². The van der Waals surface area contributed by atoms with Crippen LogP contribution in [0.1, 0.15) is 122 Å². The maximum absolute atomic E-state index is 11.7. The lowest BCUT2D eigenvalue weighted by molar-refractivity contribution is -0.139. The van der Waals surface area contributed by atoms with Gasteiger partial charge in [-0.15, -0.1) is 0 Å². The number of carbonyl (C=O) groups excluding carboxylic acids is 1. The van der Waals surface area contributed by atoms with Gasteiger partial charge in [0.15, 0.2) is 0 Å². The zero-order valence-corrected chi connectivity index (χ0v) is 19.3. The molecule has 0 aliphatic carbocycles. The fourth-order valence-electron chi connectivity index (χ4n) is 3.98. The SMILES string of the molecule is CCCCCCCCCCCCCCCCC(C(=O)O)c1ccc(NC(C)=O)cc1. The molecule has 0 aliphatic heterocycles. The summed E-state index contributed by atoms with van der Waals surface area (Å²) >= 11 is 0. The third kappa shape index (κ3) is 12.7. The fourth-order valence-corrected chi connectivity index (χ4v) is 3.98. The summed E-state index contributed by atoms with van der Waals surface area (Å²) in [7, 11) is 0. The van der Waals surface area contributed by atoms with Crippen LogP contribution >= 0.6 is 0 Å². The molecule has 30 heavy (non-hydrogen) atoms. The monoisotopic (exact) mass is 417 g/mol. The molecular weight excluding hydrogens is 374 g/mol. The first-order chi connectivity index (χ1) is 14.5. The van der Waals surface area contributed by atoms with Crippen LogP contribution in [0.25, 0.3) is 0 Å². The Morgan fingerprint density at radius 1 is 0.767 bits per heavy atom. The number of nitrogens with one attached hydrogen (secondary N) is 1. The van der Waals surface area contributed by atoms with Gasteiger partial charge in [-0.2, -0.15) is 0 Å². The van der Waals surface area contributed by atoms with Crippen molar-refractivity contribution >= 4 is 17.6 Å². The summed E-state index contributed by atoms with van der Waals surface area (Å²) in [6.45, 7) is 3.73. The van der Waals surface area contributed by atoms with Gasteiger partial charge in [-0.25, -0.2) is 0 Å². The van der Waals surface area contributed by atoms with Crippen LogP contribution in [0.5, 0.6) is 0 Å². The Kier molecular flexibility index (Phi) is 14.8. The predicted molar refractivity (Wildman–Crippen MR) is 126 cm³/mol. The number of rotatable bonds is 18. The smallest absolute Gasteiger partial charge is 0.310 e. The van der Waals surface area contributed by atoms with E-state index in [-0.39, 0.29) is 5.91 Å². The lowest BCUT2D eigenvalue weighted by atomic mass is 9.92. The Hall–Kier alpha value is -1.84. The second kappa shape index (κ2) is 16.9. The first kappa shape index (κ1) is 26.2. The Labute approximate surface area is 183 Å². The summed E-state index contributed by atoms with van der Waals surface area (Å²) in [5.74, 6) is -1.36. The molecule has 4 nitrogen and oxygen atoms in total. The molecule has 1 aromatic rings. The molecule has 2 N–H and O–H groups in total. The highest BCUT2D eigenvalue weighted by Crippen LogP contribution is 2.25. The highest BCUT2D eigenvalue weighted by molar-refractivity contribution is 5.88. The molecule has 170 valence electrons. The highest BCUT2D eigenvalue weighted by Gasteiger charge is 2.19. The molecule has 0 fully saturated rings. The van der Waals surface area contributed by atoms with Crippen LogP contribution in [0.2, 0.25) is 0 Å². The minimum atomic E-state index is -0.767. The number of carboxylic acid groups (broad SMARTS) is 1. The molecule has 0 aromatic heterocycles. The molecule has 1 amide bonds. The largest absolute Gasteiger partial charge is 0.481 e. The number of hydrogen-bond donors (Lipinski definition) is 2. The second-order valence-electron chi connectivity index (χ2n) is 8.58. The Bertz CT molecular complexity index is 582. The molecule has 1 unspecified atom stereocenters. The quantitative estimate of drug-likeness (QED) is 0.241. The van der Waals surface area contributed by atoms with E-state index in [9.17, 15) is 14.7 Å². The summed E-state index contributed by atoms with van der Waals surface area (Å²) in [5.41, 5.74) is 1.51. The lowest BCUT2D eigenvalue weighted by Crippen LogP contribution is -2.12. The van der Waals surface area contributed by atoms with Crippen molar-refractivity contribution < 1.29 is 14.7 Å². The minimum absolute atomic E-state index is 0.125. The van der Waals surface area contributed by atoms with E-state index in [2.05, 4.69) is 12.2 Å². The van der Waals surface area contributed by atoms with Crippen molar-refractivity contribution in [1.82, 2.24) is 0 Å². The van der Waals surface area contributed by atoms with E-state index in [1.807, 2.05) is 12.1 Å². The predicted octanol–water partition coefficient (Wildman–Crippen LogP) is 7.68. The van der Waals surface area contributed by atoms with E-state index in [0.29, 0.717) is 12.1 Å². The van der Waals surface area contributed by atoms with E-state index >= 15 is 0 Å². The van der Waals surface area contributed by atoms with Gasteiger partial charge in [0.1, 0.15) is 0 Å². The standard InChI is InChI=1S/C26H43NO3/c1-3-4-5-6-7-8-9-10-11-12-13-14-15-16-17-25(26(29)30)23-18-20-24(21-19-23)27-22(2)28/h18-21,25H,3-17H2,1-2H3,(H,27,28)(H,29,30). The highest BCUT2D eigenvalue weighted by atomic mass is 16.4. The third-order valence-corrected chi connectivity index (χ3v) is 5.78. The van der Waals surface area contributed by atoms with Crippen LogP contribution in [0.3, 0.4) is 0 Å². The first-order valence-electron chi connectivity index (χ1n) is 12.1. The van der Waals surface area contributed by atoms with Gasteiger partial charge >= 0.3 is 5.97 Å². The van der Waals surface area contributed by atoms with Crippen molar-refractivity contribution in [1.29, 1.82) is 0 Å². The summed E-state index contributed by atoms with van der Waals surface area (Å²) in [5, 5.41) is 12.3. The molecule has 0 saturated carbocycles. The Morgan fingerprint density at radius 2 is 1.20 bits per heavy atom. The molecule has 0 spiro atoms. The van der Waals surface area contributed by atoms with Crippen molar-refractivity contribution in [3.63, 3.8) is 0 Å². The van der Waals surface area contributed by atoms with Gasteiger partial charge in [0, 0.05) is 12.6 Å². The molecule has 1 rings (SSSR count). The number of hydrogen-bond acceptors (Lipinski definition) is 2.